The van der Waals surface area contributed by atoms with Crippen LogP contribution in [0.2, 0.25) is 0 Å². The third kappa shape index (κ3) is 2.66. The van der Waals surface area contributed by atoms with Gasteiger partial charge in [-0.25, -0.2) is 9.97 Å². The van der Waals surface area contributed by atoms with E-state index in [1.807, 2.05) is 11.8 Å². The summed E-state index contributed by atoms with van der Waals surface area (Å²) in [5.74, 6) is 2.26. The molecule has 1 atom stereocenters. The number of carbonyl (C=O) groups is 1. The average molecular weight is 384 g/mol. The Hall–Kier alpha value is -2.02. The first kappa shape index (κ1) is 17.1. The largest absolute Gasteiger partial charge is 0.336 e. The SMILES string of the molecule is Cc1nc2sc3c(c2c2nc(C(=O)N4CCC(C)CC4)nn12)[C@@H](C)CCC3. The van der Waals surface area contributed by atoms with Crippen LogP contribution in [0.15, 0.2) is 0 Å². The molecule has 5 rings (SSSR count). The van der Waals surface area contributed by atoms with Crippen LogP contribution in [0.5, 0.6) is 0 Å². The lowest BCUT2D eigenvalue weighted by Crippen LogP contribution is -2.38. The van der Waals surface area contributed by atoms with Crippen LogP contribution in [0.4, 0.5) is 0 Å². The summed E-state index contributed by atoms with van der Waals surface area (Å²) in [6.45, 7) is 8.08. The van der Waals surface area contributed by atoms with Crippen LogP contribution >= 0.6 is 11.3 Å². The first-order valence-electron chi connectivity index (χ1n) is 10.0. The molecule has 1 saturated heterocycles. The van der Waals surface area contributed by atoms with Gasteiger partial charge in [0.2, 0.25) is 5.82 Å². The summed E-state index contributed by atoms with van der Waals surface area (Å²) in [6, 6.07) is 0. The van der Waals surface area contributed by atoms with Crippen molar-refractivity contribution in [3.63, 3.8) is 0 Å². The number of amides is 1. The molecular formula is C20H25N5OS. The highest BCUT2D eigenvalue weighted by atomic mass is 32.1. The first-order chi connectivity index (χ1) is 13.0. The van der Waals surface area contributed by atoms with E-state index in [9.17, 15) is 4.79 Å². The Bertz CT molecular complexity index is 1040. The molecule has 27 heavy (non-hydrogen) atoms. The van der Waals surface area contributed by atoms with Crippen molar-refractivity contribution < 1.29 is 4.79 Å². The van der Waals surface area contributed by atoms with E-state index in [4.69, 9.17) is 9.97 Å². The molecular weight excluding hydrogens is 358 g/mol. The molecule has 1 aliphatic heterocycles. The van der Waals surface area contributed by atoms with Gasteiger partial charge in [0, 0.05) is 18.0 Å². The predicted octanol–water partition coefficient (Wildman–Crippen LogP) is 3.96. The van der Waals surface area contributed by atoms with E-state index in [0.29, 0.717) is 17.7 Å². The molecule has 4 heterocycles. The lowest BCUT2D eigenvalue weighted by molar-refractivity contribution is 0.0685. The fourth-order valence-electron chi connectivity index (χ4n) is 4.53. The van der Waals surface area contributed by atoms with E-state index in [-0.39, 0.29) is 5.91 Å². The molecule has 0 aromatic carbocycles. The smallest absolute Gasteiger partial charge is 0.293 e. The quantitative estimate of drug-likeness (QED) is 0.638. The lowest BCUT2D eigenvalue weighted by atomic mass is 9.87. The van der Waals surface area contributed by atoms with Gasteiger partial charge in [-0.3, -0.25) is 4.79 Å². The minimum absolute atomic E-state index is 0.0460. The molecule has 0 N–H and O–H groups in total. The molecule has 6 nitrogen and oxygen atoms in total. The van der Waals surface area contributed by atoms with Crippen molar-refractivity contribution in [3.8, 4) is 0 Å². The van der Waals surface area contributed by atoms with E-state index in [1.54, 1.807) is 15.9 Å². The van der Waals surface area contributed by atoms with Gasteiger partial charge in [0.25, 0.3) is 5.91 Å². The molecule has 0 unspecified atom stereocenters. The highest BCUT2D eigenvalue weighted by molar-refractivity contribution is 7.19. The summed E-state index contributed by atoms with van der Waals surface area (Å²) in [5, 5.41) is 5.68. The Morgan fingerprint density at radius 3 is 2.70 bits per heavy atom. The van der Waals surface area contributed by atoms with Crippen LogP contribution in [0.25, 0.3) is 15.9 Å². The lowest BCUT2D eigenvalue weighted by Gasteiger charge is -2.29. The number of thiophene rings is 1. The highest BCUT2D eigenvalue weighted by Gasteiger charge is 2.29. The maximum atomic E-state index is 13.0. The minimum Gasteiger partial charge on any atom is -0.336 e. The number of rotatable bonds is 1. The van der Waals surface area contributed by atoms with Gasteiger partial charge in [0.1, 0.15) is 10.7 Å². The van der Waals surface area contributed by atoms with Gasteiger partial charge < -0.3 is 4.90 Å². The van der Waals surface area contributed by atoms with Crippen LogP contribution in [0, 0.1) is 12.8 Å². The highest BCUT2D eigenvalue weighted by Crippen LogP contribution is 2.42. The second-order valence-corrected chi connectivity index (χ2v) is 9.30. The number of hydrogen-bond donors (Lipinski definition) is 0. The Morgan fingerprint density at radius 1 is 1.15 bits per heavy atom. The Labute approximate surface area is 162 Å². The summed E-state index contributed by atoms with van der Waals surface area (Å²) in [6.07, 6.45) is 5.67. The normalized spacial score (nSPS) is 21.1. The second kappa shape index (κ2) is 6.26. The van der Waals surface area contributed by atoms with Crippen LogP contribution in [0.3, 0.4) is 0 Å². The summed E-state index contributed by atoms with van der Waals surface area (Å²) in [5.41, 5.74) is 2.19. The molecule has 7 heteroatoms. The second-order valence-electron chi connectivity index (χ2n) is 8.22. The van der Waals surface area contributed by atoms with E-state index in [0.717, 1.165) is 54.0 Å². The number of aryl methyl sites for hydroxylation is 2. The summed E-state index contributed by atoms with van der Waals surface area (Å²) in [4.78, 5) is 26.9. The third-order valence-corrected chi connectivity index (χ3v) is 7.36. The fraction of sp³-hybridized carbons (Fsp3) is 0.600. The van der Waals surface area contributed by atoms with Crippen molar-refractivity contribution in [1.82, 2.24) is 24.5 Å². The maximum Gasteiger partial charge on any atom is 0.293 e. The Kier molecular flexibility index (Phi) is 3.96. The number of piperidine rings is 1. The zero-order valence-corrected chi connectivity index (χ0v) is 17.0. The summed E-state index contributed by atoms with van der Waals surface area (Å²) >= 11 is 1.79. The van der Waals surface area contributed by atoms with E-state index < -0.39 is 0 Å². The molecule has 0 spiro atoms. The van der Waals surface area contributed by atoms with Crippen molar-refractivity contribution in [2.45, 2.75) is 58.8 Å². The van der Waals surface area contributed by atoms with Crippen LogP contribution in [-0.2, 0) is 6.42 Å². The monoisotopic (exact) mass is 383 g/mol. The number of aromatic nitrogens is 4. The topological polar surface area (TPSA) is 63.4 Å². The number of hydrogen-bond acceptors (Lipinski definition) is 5. The van der Waals surface area contributed by atoms with Gasteiger partial charge >= 0.3 is 0 Å². The first-order valence-corrected chi connectivity index (χ1v) is 10.8. The van der Waals surface area contributed by atoms with Crippen molar-refractivity contribution in [3.05, 3.63) is 22.1 Å². The minimum atomic E-state index is -0.0460. The van der Waals surface area contributed by atoms with Crippen molar-refractivity contribution in [2.75, 3.05) is 13.1 Å². The number of likely N-dealkylation sites (tertiary alicyclic amines) is 1. The molecule has 1 amide bonds. The molecule has 3 aromatic heterocycles. The van der Waals surface area contributed by atoms with Crippen LogP contribution in [0.1, 0.15) is 72.3 Å². The van der Waals surface area contributed by atoms with Crippen molar-refractivity contribution in [1.29, 1.82) is 0 Å². The molecule has 1 aliphatic carbocycles. The molecule has 0 bridgehead atoms. The van der Waals surface area contributed by atoms with Gasteiger partial charge in [-0.15, -0.1) is 16.4 Å². The third-order valence-electron chi connectivity index (χ3n) is 6.20. The zero-order chi connectivity index (χ0) is 18.7. The van der Waals surface area contributed by atoms with Gasteiger partial charge in [0.15, 0.2) is 5.65 Å². The summed E-state index contributed by atoms with van der Waals surface area (Å²) in [7, 11) is 0. The van der Waals surface area contributed by atoms with E-state index in [2.05, 4.69) is 18.9 Å². The fourth-order valence-corrected chi connectivity index (χ4v) is 5.90. The number of fused-ring (bicyclic) bond motifs is 5. The van der Waals surface area contributed by atoms with Crippen LogP contribution < -0.4 is 0 Å². The van der Waals surface area contributed by atoms with Gasteiger partial charge in [-0.2, -0.15) is 4.52 Å². The van der Waals surface area contributed by atoms with Gasteiger partial charge in [0.05, 0.1) is 5.39 Å². The number of carbonyl (C=O) groups excluding carboxylic acids is 1. The van der Waals surface area contributed by atoms with Crippen molar-refractivity contribution >= 4 is 33.1 Å². The molecule has 142 valence electrons. The number of nitrogens with zero attached hydrogens (tertiary/aromatic N) is 5. The zero-order valence-electron chi connectivity index (χ0n) is 16.2. The van der Waals surface area contributed by atoms with Crippen LogP contribution in [-0.4, -0.2) is 43.5 Å². The molecule has 1 fully saturated rings. The maximum absolute atomic E-state index is 13.0. The Balaban J connectivity index is 1.64. The van der Waals surface area contributed by atoms with Gasteiger partial charge in [-0.1, -0.05) is 13.8 Å². The molecule has 0 radical (unpaired) electrons. The standard InChI is InChI=1S/C20H25N5OS/c1-11-7-9-24(10-8-11)20(26)17-22-18-16-15-12(2)5-4-6-14(15)27-19(16)21-13(3)25(18)23-17/h11-12H,4-10H2,1-3H3/t12-/m0/s1. The summed E-state index contributed by atoms with van der Waals surface area (Å²) < 4.78 is 1.77. The Morgan fingerprint density at radius 2 is 1.93 bits per heavy atom. The van der Waals surface area contributed by atoms with Gasteiger partial charge in [-0.05, 0) is 56.4 Å². The predicted molar refractivity (Wildman–Crippen MR) is 107 cm³/mol. The van der Waals surface area contributed by atoms with Crippen molar-refractivity contribution in [2.24, 2.45) is 5.92 Å². The van der Waals surface area contributed by atoms with E-state index >= 15 is 0 Å². The average Bonchev–Trinajstić information content (AvgIpc) is 3.24. The molecule has 2 aliphatic rings. The van der Waals surface area contributed by atoms with E-state index in [1.165, 1.54) is 23.3 Å². The molecule has 3 aromatic rings. The molecule has 0 saturated carbocycles.